The normalized spacial score (nSPS) is 12.5. The van der Waals surface area contributed by atoms with Crippen LogP contribution in [0.15, 0.2) is 143 Å². The summed E-state index contributed by atoms with van der Waals surface area (Å²) in [6.45, 7) is 18.1. The van der Waals surface area contributed by atoms with Crippen LogP contribution in [0.5, 0.6) is 11.5 Å². The van der Waals surface area contributed by atoms with E-state index in [1.807, 2.05) is 96.1 Å². The predicted molar refractivity (Wildman–Crippen MR) is 245 cm³/mol. The third-order valence-corrected chi connectivity index (χ3v) is 10.7. The molecule has 3 heterocycles. The summed E-state index contributed by atoms with van der Waals surface area (Å²) in [7, 11) is 0. The smallest absolute Gasteiger partial charge is 0.344 e. The number of benzene rings is 6. The Morgan fingerprint density at radius 2 is 0.902 bits per heavy atom. The molecule has 0 amide bonds. The highest BCUT2D eigenvalue weighted by molar-refractivity contribution is 6.08. The second kappa shape index (κ2) is 14.1. The largest absolute Gasteiger partial charge is 0.488 e. The lowest BCUT2D eigenvalue weighted by molar-refractivity contribution is 0.122. The van der Waals surface area contributed by atoms with Crippen molar-refractivity contribution in [2.24, 2.45) is 0 Å². The number of hydrogen-bond acceptors (Lipinski definition) is 8. The summed E-state index contributed by atoms with van der Waals surface area (Å²) in [5.41, 5.74) is 1.35. The molecule has 0 bridgehead atoms. The van der Waals surface area contributed by atoms with Crippen LogP contribution >= 0.6 is 0 Å². The predicted octanol–water partition coefficient (Wildman–Crippen LogP) is 13.0. The van der Waals surface area contributed by atoms with Gasteiger partial charge in [0, 0.05) is 22.9 Å². The molecule has 0 atom stereocenters. The minimum Gasteiger partial charge on any atom is -0.488 e. The van der Waals surface area contributed by atoms with Crippen molar-refractivity contribution in [3.63, 3.8) is 0 Å². The van der Waals surface area contributed by atoms with Crippen molar-refractivity contribution in [2.75, 3.05) is 0 Å². The first kappa shape index (κ1) is 39.5. The van der Waals surface area contributed by atoms with Crippen molar-refractivity contribution in [3.05, 3.63) is 152 Å². The van der Waals surface area contributed by atoms with Crippen molar-refractivity contribution in [1.82, 2.24) is 0 Å². The van der Waals surface area contributed by atoms with Gasteiger partial charge in [0.2, 0.25) is 0 Å². The molecule has 0 unspecified atom stereocenters. The molecule has 0 radical (unpaired) electrons. The standard InChI is InChI=1S/C53H46O8/c1-51(2,3)34-16-17-37-30(23-34)15-19-45-42(37)27-39(49(55)58-45)32-20-31(38-26-41-36-13-11-10-12-29(36)14-18-44(41)57-48(38)54)21-33(22-32)40-28-43-46(59-50(40)56)24-35(60-52(4,5)6)25-47(43)61-53(7,8)9/h10-28H,1-9H3. The van der Waals surface area contributed by atoms with Crippen molar-refractivity contribution < 1.29 is 22.7 Å². The first-order chi connectivity index (χ1) is 28.8. The van der Waals surface area contributed by atoms with Gasteiger partial charge in [-0.2, -0.15) is 0 Å². The average Bonchev–Trinajstić information content (AvgIpc) is 3.18. The first-order valence-corrected chi connectivity index (χ1v) is 20.4. The molecule has 0 aliphatic rings. The molecule has 9 rings (SSSR count). The molecule has 0 aliphatic heterocycles. The zero-order chi connectivity index (χ0) is 43.2. The lowest BCUT2D eigenvalue weighted by Crippen LogP contribution is -2.24. The molecule has 61 heavy (non-hydrogen) atoms. The van der Waals surface area contributed by atoms with Crippen LogP contribution in [0, 0.1) is 0 Å². The van der Waals surface area contributed by atoms with Crippen LogP contribution in [0.3, 0.4) is 0 Å². The maximum absolute atomic E-state index is 14.2. The molecule has 8 nitrogen and oxygen atoms in total. The number of rotatable bonds is 5. The molecule has 8 heteroatoms. The molecular formula is C53H46O8. The van der Waals surface area contributed by atoms with Crippen LogP contribution in [0.25, 0.3) is 87.8 Å². The minimum absolute atomic E-state index is 0.0618. The number of hydrogen-bond donors (Lipinski definition) is 0. The molecule has 0 fully saturated rings. The van der Waals surface area contributed by atoms with Crippen molar-refractivity contribution >= 4 is 54.5 Å². The summed E-state index contributed by atoms with van der Waals surface area (Å²) in [4.78, 5) is 42.2. The highest BCUT2D eigenvalue weighted by Crippen LogP contribution is 2.39. The van der Waals surface area contributed by atoms with Crippen LogP contribution in [0.4, 0.5) is 0 Å². The van der Waals surface area contributed by atoms with E-state index < -0.39 is 28.1 Å². The van der Waals surface area contributed by atoms with Gasteiger partial charge in [0.05, 0.1) is 22.1 Å². The first-order valence-electron chi connectivity index (χ1n) is 20.4. The van der Waals surface area contributed by atoms with E-state index in [-0.39, 0.29) is 27.7 Å². The van der Waals surface area contributed by atoms with E-state index in [4.69, 9.17) is 22.7 Å². The fourth-order valence-corrected chi connectivity index (χ4v) is 7.95. The molecule has 0 saturated carbocycles. The summed E-state index contributed by atoms with van der Waals surface area (Å²) in [5.74, 6) is 0.949. The topological polar surface area (TPSA) is 109 Å². The van der Waals surface area contributed by atoms with Gasteiger partial charge >= 0.3 is 16.9 Å². The number of ether oxygens (including phenoxy) is 2. The minimum atomic E-state index is -0.632. The summed E-state index contributed by atoms with van der Waals surface area (Å²) in [6, 6.07) is 35.8. The van der Waals surface area contributed by atoms with E-state index in [9.17, 15) is 14.4 Å². The Kier molecular flexibility index (Phi) is 9.13. The highest BCUT2D eigenvalue weighted by atomic mass is 16.5. The van der Waals surface area contributed by atoms with E-state index in [0.717, 1.165) is 32.3 Å². The molecule has 0 spiro atoms. The Morgan fingerprint density at radius 3 is 1.44 bits per heavy atom. The maximum atomic E-state index is 14.2. The second-order valence-corrected chi connectivity index (χ2v) is 18.8. The molecule has 6 aromatic carbocycles. The fourth-order valence-electron chi connectivity index (χ4n) is 7.95. The third kappa shape index (κ3) is 7.59. The van der Waals surface area contributed by atoms with Crippen LogP contribution < -0.4 is 26.4 Å². The summed E-state index contributed by atoms with van der Waals surface area (Å²) in [5, 5.41) is 5.86. The Balaban J connectivity index is 1.32. The van der Waals surface area contributed by atoms with Gasteiger partial charge in [-0.15, -0.1) is 0 Å². The van der Waals surface area contributed by atoms with E-state index in [2.05, 4.69) is 39.0 Å². The maximum Gasteiger partial charge on any atom is 0.344 e. The quantitative estimate of drug-likeness (QED) is 0.125. The van der Waals surface area contributed by atoms with Gasteiger partial charge in [-0.3, -0.25) is 0 Å². The van der Waals surface area contributed by atoms with Gasteiger partial charge in [0.1, 0.15) is 39.5 Å². The molecular weight excluding hydrogens is 765 g/mol. The van der Waals surface area contributed by atoms with Gasteiger partial charge in [-0.05, 0) is 139 Å². The van der Waals surface area contributed by atoms with Crippen LogP contribution in [0.2, 0.25) is 0 Å². The van der Waals surface area contributed by atoms with Gasteiger partial charge in [0.15, 0.2) is 0 Å². The van der Waals surface area contributed by atoms with Gasteiger partial charge in [-0.1, -0.05) is 75.4 Å². The molecule has 306 valence electrons. The van der Waals surface area contributed by atoms with Crippen molar-refractivity contribution in [2.45, 2.75) is 78.9 Å². The van der Waals surface area contributed by atoms with Gasteiger partial charge < -0.3 is 22.7 Å². The molecule has 3 aromatic heterocycles. The third-order valence-electron chi connectivity index (χ3n) is 10.7. The SMILES string of the molecule is CC(C)(C)Oc1cc(OC(C)(C)C)c2cc(-c3cc(-c4cc5c(ccc6ccccc65)oc4=O)cc(-c4cc5c(ccc6cc(C(C)(C)C)ccc65)oc4=O)c3)c(=O)oc2c1. The summed E-state index contributed by atoms with van der Waals surface area (Å²) < 4.78 is 30.7. The van der Waals surface area contributed by atoms with E-state index in [1.54, 1.807) is 42.5 Å². The van der Waals surface area contributed by atoms with Gasteiger partial charge in [-0.25, -0.2) is 14.4 Å². The molecule has 9 aromatic rings. The average molecular weight is 811 g/mol. The Bertz CT molecular complexity index is 3430. The monoisotopic (exact) mass is 810 g/mol. The molecule has 0 aliphatic carbocycles. The highest BCUT2D eigenvalue weighted by Gasteiger charge is 2.23. The Hall–Kier alpha value is -6.93. The van der Waals surface area contributed by atoms with Crippen LogP contribution in [-0.4, -0.2) is 11.2 Å². The van der Waals surface area contributed by atoms with E-state index >= 15 is 0 Å². The molecule has 0 saturated heterocycles. The lowest BCUT2D eigenvalue weighted by Gasteiger charge is -2.25. The summed E-state index contributed by atoms with van der Waals surface area (Å²) >= 11 is 0. The van der Waals surface area contributed by atoms with Crippen molar-refractivity contribution in [1.29, 1.82) is 0 Å². The van der Waals surface area contributed by atoms with Crippen LogP contribution in [-0.2, 0) is 5.41 Å². The second-order valence-electron chi connectivity index (χ2n) is 18.8. The summed E-state index contributed by atoms with van der Waals surface area (Å²) in [6.07, 6.45) is 0. The fraction of sp³-hybridized carbons (Fsp3) is 0.226. The van der Waals surface area contributed by atoms with E-state index in [1.165, 1.54) is 5.56 Å². The zero-order valence-electron chi connectivity index (χ0n) is 35.7. The van der Waals surface area contributed by atoms with Crippen molar-refractivity contribution in [3.8, 4) is 44.9 Å². The Labute approximate surface area is 352 Å². The molecule has 0 N–H and O–H groups in total. The van der Waals surface area contributed by atoms with E-state index in [0.29, 0.717) is 44.7 Å². The lowest BCUT2D eigenvalue weighted by atomic mass is 9.85. The van der Waals surface area contributed by atoms with Crippen LogP contribution in [0.1, 0.15) is 67.9 Å². The number of fused-ring (bicyclic) bond motifs is 7. The zero-order valence-corrected chi connectivity index (χ0v) is 35.7. The van der Waals surface area contributed by atoms with Gasteiger partial charge in [0.25, 0.3) is 0 Å². The Morgan fingerprint density at radius 1 is 0.410 bits per heavy atom.